The Morgan fingerprint density at radius 3 is 2.46 bits per heavy atom. The van der Waals surface area contributed by atoms with Crippen LogP contribution in [-0.4, -0.2) is 9.97 Å². The second-order valence-corrected chi connectivity index (χ2v) is 5.46. The third kappa shape index (κ3) is 4.51. The molecule has 0 radical (unpaired) electrons. The van der Waals surface area contributed by atoms with E-state index in [1.165, 1.54) is 12.3 Å². The molecule has 0 bridgehead atoms. The summed E-state index contributed by atoms with van der Waals surface area (Å²) in [6.45, 7) is -5.86. The molecule has 0 saturated carbocycles. The first-order valence-electron chi connectivity index (χ1n) is 12.0. The van der Waals surface area contributed by atoms with Gasteiger partial charge in [-0.2, -0.15) is 15.5 Å². The minimum atomic E-state index is -2.93. The molecule has 136 valence electrons. The Kier molecular flexibility index (Phi) is 3.29. The fraction of sp³-hybridized carbons (Fsp3) is 0.0909. The molecule has 0 amide bonds. The minimum absolute atomic E-state index is 0.0104. The maximum absolute atomic E-state index is 8.92. The molecule has 28 heavy (non-hydrogen) atoms. The zero-order chi connectivity index (χ0) is 26.7. The van der Waals surface area contributed by atoms with Crippen LogP contribution in [0.1, 0.15) is 33.2 Å². The maximum Gasteiger partial charge on any atom is 0.229 e. The van der Waals surface area contributed by atoms with Crippen LogP contribution in [0.25, 0.3) is 6.08 Å². The van der Waals surface area contributed by atoms with Crippen molar-refractivity contribution in [2.45, 2.75) is 13.7 Å². The number of nitrogens with zero attached hydrogens (tertiary/aromatic N) is 4. The molecule has 1 heterocycles. The van der Waals surface area contributed by atoms with Crippen molar-refractivity contribution in [1.29, 1.82) is 10.5 Å². The predicted octanol–water partition coefficient (Wildman–Crippen LogP) is 4.99. The highest BCUT2D eigenvalue weighted by atomic mass is 15.1. The highest BCUT2D eigenvalue weighted by Gasteiger charge is 2.07. The molecule has 0 fully saturated rings. The molecule has 6 nitrogen and oxygen atoms in total. The van der Waals surface area contributed by atoms with Crippen LogP contribution >= 0.6 is 0 Å². The second-order valence-electron chi connectivity index (χ2n) is 5.46. The normalized spacial score (nSPS) is 15.4. The summed E-state index contributed by atoms with van der Waals surface area (Å²) in [6.07, 6.45) is 3.33. The monoisotopic (exact) mass is 374 g/mol. The third-order valence-corrected chi connectivity index (χ3v) is 3.52. The molecule has 0 unspecified atom stereocenters. The Labute approximate surface area is 175 Å². The van der Waals surface area contributed by atoms with Gasteiger partial charge in [0, 0.05) is 31.9 Å². The van der Waals surface area contributed by atoms with Gasteiger partial charge in [0.1, 0.15) is 5.82 Å². The molecule has 2 aromatic carbocycles. The van der Waals surface area contributed by atoms with Gasteiger partial charge in [-0.05, 0) is 78.9 Å². The molecule has 0 aliphatic carbocycles. The van der Waals surface area contributed by atoms with Gasteiger partial charge in [0.2, 0.25) is 5.95 Å². The molecule has 3 rings (SSSR count). The minimum Gasteiger partial charge on any atom is -0.340 e. The van der Waals surface area contributed by atoms with E-state index in [9.17, 15) is 0 Å². The lowest BCUT2D eigenvalue weighted by Crippen LogP contribution is -2.02. The number of rotatable bonds is 5. The molecule has 0 spiro atoms. The molecule has 0 atom stereocenters. The number of hydrogen-bond acceptors (Lipinski definition) is 6. The van der Waals surface area contributed by atoms with Crippen molar-refractivity contribution in [3.8, 4) is 12.1 Å². The van der Waals surface area contributed by atoms with Crippen molar-refractivity contribution >= 4 is 29.2 Å². The zero-order valence-corrected chi connectivity index (χ0v) is 14.4. The summed E-state index contributed by atoms with van der Waals surface area (Å²) in [5.74, 6) is 0.0950. The van der Waals surface area contributed by atoms with Gasteiger partial charge in [-0.3, -0.25) is 0 Å². The Morgan fingerprint density at radius 2 is 1.82 bits per heavy atom. The van der Waals surface area contributed by atoms with Gasteiger partial charge in [0.25, 0.3) is 0 Å². The van der Waals surface area contributed by atoms with Crippen molar-refractivity contribution in [2.24, 2.45) is 0 Å². The summed E-state index contributed by atoms with van der Waals surface area (Å²) in [6, 6.07) is 10.3. The number of allylic oxidation sites excluding steroid dienone is 1. The molecular formula is C22H18N6. The van der Waals surface area contributed by atoms with Crippen molar-refractivity contribution in [2.75, 3.05) is 10.6 Å². The summed E-state index contributed by atoms with van der Waals surface area (Å²) in [7, 11) is 0. The highest BCUT2D eigenvalue weighted by Crippen LogP contribution is 2.26. The Morgan fingerprint density at radius 1 is 1.07 bits per heavy atom. The summed E-state index contributed by atoms with van der Waals surface area (Å²) < 4.78 is 64.6. The standard InChI is InChI=1S/C22H18N6/c1-15-12-18(4-3-10-23)13-16(2)21(15)27-20-9-11-25-22(28-20)26-19-7-5-17(14-24)6-8-19/h3-9,11-13H,1-2H3,(H2,25,26,27,28)/b4-3+/i1D3,2D3,12D,13D. The van der Waals surface area contributed by atoms with Gasteiger partial charge in [-0.1, -0.05) is 0 Å². The van der Waals surface area contributed by atoms with Crippen LogP contribution in [0.15, 0.2) is 54.7 Å². The van der Waals surface area contributed by atoms with Crippen LogP contribution in [0.5, 0.6) is 0 Å². The first-order valence-corrected chi connectivity index (χ1v) is 7.98. The lowest BCUT2D eigenvalue weighted by Gasteiger charge is -2.14. The van der Waals surface area contributed by atoms with Gasteiger partial charge in [-0.25, -0.2) is 4.98 Å². The van der Waals surface area contributed by atoms with E-state index in [4.69, 9.17) is 21.5 Å². The van der Waals surface area contributed by atoms with E-state index < -0.39 is 42.6 Å². The van der Waals surface area contributed by atoms with E-state index in [1.807, 2.05) is 6.07 Å². The molecule has 6 heteroatoms. The maximum atomic E-state index is 8.92. The van der Waals surface area contributed by atoms with Gasteiger partial charge in [0.05, 0.1) is 20.4 Å². The summed E-state index contributed by atoms with van der Waals surface area (Å²) >= 11 is 0. The van der Waals surface area contributed by atoms with Crippen LogP contribution in [0, 0.1) is 36.4 Å². The van der Waals surface area contributed by atoms with Crippen molar-refractivity contribution < 1.29 is 11.0 Å². The molecule has 2 N–H and O–H groups in total. The fourth-order valence-electron chi connectivity index (χ4n) is 2.25. The van der Waals surface area contributed by atoms with E-state index in [0.717, 1.165) is 12.2 Å². The Bertz CT molecular complexity index is 1360. The van der Waals surface area contributed by atoms with Crippen LogP contribution < -0.4 is 10.6 Å². The molecular weight excluding hydrogens is 348 g/mol. The van der Waals surface area contributed by atoms with Crippen LogP contribution in [0.3, 0.4) is 0 Å². The van der Waals surface area contributed by atoms with Gasteiger partial charge < -0.3 is 10.6 Å². The van der Waals surface area contributed by atoms with E-state index in [1.54, 1.807) is 30.3 Å². The Hall–Kier alpha value is -4.16. The highest BCUT2D eigenvalue weighted by molar-refractivity contribution is 5.69. The number of hydrogen-bond donors (Lipinski definition) is 2. The molecule has 3 aromatic rings. The first kappa shape index (κ1) is 10.9. The van der Waals surface area contributed by atoms with Gasteiger partial charge >= 0.3 is 0 Å². The SMILES string of the molecule is [2H]c1c(/C=C/C#N)c([2H])c(C([2H])([2H])[2H])c(Nc2ccnc(Nc3ccc(C#N)cc3)n2)c1C([2H])([2H])[2H]. The first-order chi connectivity index (χ1) is 16.9. The number of anilines is 4. The average Bonchev–Trinajstić information content (AvgIpc) is 2.78. The lowest BCUT2D eigenvalue weighted by atomic mass is 10.0. The number of aromatic nitrogens is 2. The number of nitriles is 2. The van der Waals surface area contributed by atoms with Crippen LogP contribution in [-0.2, 0) is 0 Å². The van der Waals surface area contributed by atoms with Crippen LogP contribution in [0.4, 0.5) is 23.1 Å². The molecule has 0 saturated heterocycles. The smallest absolute Gasteiger partial charge is 0.229 e. The zero-order valence-electron chi connectivity index (χ0n) is 22.4. The topological polar surface area (TPSA) is 97.4 Å². The summed E-state index contributed by atoms with van der Waals surface area (Å²) in [4.78, 5) is 8.32. The largest absolute Gasteiger partial charge is 0.340 e. The molecule has 0 aliphatic rings. The van der Waals surface area contributed by atoms with E-state index in [-0.39, 0.29) is 17.3 Å². The average molecular weight is 374 g/mol. The molecule has 1 aromatic heterocycles. The number of benzene rings is 2. The van der Waals surface area contributed by atoms with Crippen molar-refractivity contribution in [3.05, 3.63) is 76.9 Å². The number of nitrogens with one attached hydrogen (secondary N) is 2. The van der Waals surface area contributed by atoms with Crippen molar-refractivity contribution in [1.82, 2.24) is 9.97 Å². The van der Waals surface area contributed by atoms with Gasteiger partial charge in [-0.15, -0.1) is 0 Å². The molecule has 0 aliphatic heterocycles. The summed E-state index contributed by atoms with van der Waals surface area (Å²) in [5.41, 5.74) is -0.984. The van der Waals surface area contributed by atoms with Crippen molar-refractivity contribution in [3.63, 3.8) is 0 Å². The second kappa shape index (κ2) is 8.48. The quantitative estimate of drug-likeness (QED) is 0.611. The fourth-order valence-corrected chi connectivity index (χ4v) is 2.25. The van der Waals surface area contributed by atoms with Crippen LogP contribution in [0.2, 0.25) is 0 Å². The predicted molar refractivity (Wildman–Crippen MR) is 110 cm³/mol. The van der Waals surface area contributed by atoms with E-state index in [2.05, 4.69) is 20.6 Å². The van der Waals surface area contributed by atoms with E-state index >= 15 is 0 Å². The summed E-state index contributed by atoms with van der Waals surface area (Å²) in [5, 5.41) is 23.4. The Balaban J connectivity index is 2.16. The van der Waals surface area contributed by atoms with Gasteiger partial charge in [0.15, 0.2) is 0 Å². The lowest BCUT2D eigenvalue weighted by molar-refractivity contribution is 1.16. The van der Waals surface area contributed by atoms with E-state index in [0.29, 0.717) is 11.3 Å². The third-order valence-electron chi connectivity index (χ3n) is 3.52.